The zero-order chi connectivity index (χ0) is 14.3. The average molecular weight is 340 g/mol. The van der Waals surface area contributed by atoms with E-state index in [1.807, 2.05) is 12.1 Å². The number of carbonyl (C=O) groups is 1. The van der Waals surface area contributed by atoms with Gasteiger partial charge in [0.15, 0.2) is 6.10 Å². The topological polar surface area (TPSA) is 55.8 Å². The van der Waals surface area contributed by atoms with Crippen molar-refractivity contribution in [1.82, 2.24) is 4.90 Å². The molecule has 1 saturated heterocycles. The molecule has 1 fully saturated rings. The smallest absolute Gasteiger partial charge is 0.257 e. The van der Waals surface area contributed by atoms with Crippen molar-refractivity contribution in [1.29, 1.82) is 0 Å². The Morgan fingerprint density at radius 2 is 2.10 bits per heavy atom. The van der Waals surface area contributed by atoms with E-state index in [1.54, 1.807) is 0 Å². The molecule has 1 amide bonds. The second-order valence-corrected chi connectivity index (χ2v) is 6.28. The van der Waals surface area contributed by atoms with Gasteiger partial charge in [-0.1, -0.05) is 0 Å². The SMILES string of the molecule is CN1CCCN(c2cc3c(cc2Br)C(O)C(=O)N3)CC1. The highest BCUT2D eigenvalue weighted by atomic mass is 79.9. The van der Waals surface area contributed by atoms with Gasteiger partial charge >= 0.3 is 0 Å². The van der Waals surface area contributed by atoms with E-state index >= 15 is 0 Å². The first kappa shape index (κ1) is 13.9. The van der Waals surface area contributed by atoms with Crippen LogP contribution in [-0.4, -0.2) is 49.1 Å². The van der Waals surface area contributed by atoms with Gasteiger partial charge in [-0.15, -0.1) is 0 Å². The Hall–Kier alpha value is -1.11. The van der Waals surface area contributed by atoms with Gasteiger partial charge in [-0.05, 0) is 48.1 Å². The van der Waals surface area contributed by atoms with Crippen LogP contribution in [0.3, 0.4) is 0 Å². The summed E-state index contributed by atoms with van der Waals surface area (Å²) < 4.78 is 0.927. The number of halogens is 1. The number of benzene rings is 1. The van der Waals surface area contributed by atoms with Gasteiger partial charge in [-0.3, -0.25) is 4.79 Å². The predicted molar refractivity (Wildman–Crippen MR) is 82.1 cm³/mol. The third-order valence-electron chi connectivity index (χ3n) is 3.98. The number of rotatable bonds is 1. The standard InChI is InChI=1S/C14H18BrN3O2/c1-17-3-2-4-18(6-5-17)12-8-11-9(7-10(12)15)13(19)14(20)16-11/h7-8,13,19H,2-6H2,1H3,(H,16,20). The van der Waals surface area contributed by atoms with E-state index in [0.29, 0.717) is 5.56 Å². The Morgan fingerprint density at radius 3 is 2.90 bits per heavy atom. The fourth-order valence-electron chi connectivity index (χ4n) is 2.78. The van der Waals surface area contributed by atoms with Gasteiger partial charge in [-0.2, -0.15) is 0 Å². The van der Waals surface area contributed by atoms with Crippen LogP contribution >= 0.6 is 15.9 Å². The van der Waals surface area contributed by atoms with Crippen LogP contribution < -0.4 is 10.2 Å². The number of aliphatic hydroxyl groups excluding tert-OH is 1. The lowest BCUT2D eigenvalue weighted by Gasteiger charge is -2.25. The van der Waals surface area contributed by atoms with Crippen molar-refractivity contribution in [3.8, 4) is 0 Å². The molecule has 5 nitrogen and oxygen atoms in total. The predicted octanol–water partition coefficient (Wildman–Crippen LogP) is 1.58. The van der Waals surface area contributed by atoms with Crippen LogP contribution in [0.4, 0.5) is 11.4 Å². The first-order valence-electron chi connectivity index (χ1n) is 6.82. The summed E-state index contributed by atoms with van der Waals surface area (Å²) in [6, 6.07) is 3.81. The van der Waals surface area contributed by atoms with Crippen molar-refractivity contribution in [2.24, 2.45) is 0 Å². The van der Waals surface area contributed by atoms with E-state index in [1.165, 1.54) is 0 Å². The second-order valence-electron chi connectivity index (χ2n) is 5.43. The minimum absolute atomic E-state index is 0.348. The maximum atomic E-state index is 11.5. The van der Waals surface area contributed by atoms with E-state index in [2.05, 4.69) is 38.1 Å². The van der Waals surface area contributed by atoms with Crippen LogP contribution in [0.2, 0.25) is 0 Å². The highest BCUT2D eigenvalue weighted by Crippen LogP contribution is 2.39. The van der Waals surface area contributed by atoms with Crippen molar-refractivity contribution in [2.75, 3.05) is 43.4 Å². The number of aliphatic hydroxyl groups is 1. The van der Waals surface area contributed by atoms with Crippen molar-refractivity contribution in [2.45, 2.75) is 12.5 Å². The van der Waals surface area contributed by atoms with Gasteiger partial charge in [0.05, 0.1) is 5.69 Å². The molecule has 6 heteroatoms. The van der Waals surface area contributed by atoms with Gasteiger partial charge in [0.1, 0.15) is 0 Å². The summed E-state index contributed by atoms with van der Waals surface area (Å²) in [6.45, 7) is 4.09. The van der Waals surface area contributed by atoms with Crippen molar-refractivity contribution in [3.05, 3.63) is 22.2 Å². The molecule has 3 rings (SSSR count). The van der Waals surface area contributed by atoms with Gasteiger partial charge in [-0.25, -0.2) is 0 Å². The maximum Gasteiger partial charge on any atom is 0.257 e. The second kappa shape index (κ2) is 5.35. The number of hydrogen-bond donors (Lipinski definition) is 2. The third-order valence-corrected chi connectivity index (χ3v) is 4.62. The number of nitrogens with one attached hydrogen (secondary N) is 1. The van der Waals surface area contributed by atoms with Gasteiger partial charge < -0.3 is 20.2 Å². The molecule has 0 spiro atoms. The molecule has 108 valence electrons. The Balaban J connectivity index is 1.91. The van der Waals surface area contributed by atoms with Crippen LogP contribution in [0.15, 0.2) is 16.6 Å². The van der Waals surface area contributed by atoms with Crippen molar-refractivity contribution < 1.29 is 9.90 Å². The minimum atomic E-state index is -1.05. The van der Waals surface area contributed by atoms with Crippen LogP contribution in [0, 0.1) is 0 Å². The van der Waals surface area contributed by atoms with Gasteiger partial charge in [0.2, 0.25) is 0 Å². The Labute approximate surface area is 126 Å². The number of fused-ring (bicyclic) bond motifs is 1. The maximum absolute atomic E-state index is 11.5. The monoisotopic (exact) mass is 339 g/mol. The van der Waals surface area contributed by atoms with E-state index in [-0.39, 0.29) is 5.91 Å². The summed E-state index contributed by atoms with van der Waals surface area (Å²) in [6.07, 6.45) is 0.0697. The highest BCUT2D eigenvalue weighted by Gasteiger charge is 2.30. The van der Waals surface area contributed by atoms with E-state index in [4.69, 9.17) is 0 Å². The summed E-state index contributed by atoms with van der Waals surface area (Å²) in [5.41, 5.74) is 2.45. The first-order valence-corrected chi connectivity index (χ1v) is 7.61. The lowest BCUT2D eigenvalue weighted by molar-refractivity contribution is -0.123. The summed E-state index contributed by atoms with van der Waals surface area (Å²) in [7, 11) is 2.14. The summed E-state index contributed by atoms with van der Waals surface area (Å²) in [5, 5.41) is 12.5. The molecule has 2 aliphatic heterocycles. The summed E-state index contributed by atoms with van der Waals surface area (Å²) in [4.78, 5) is 16.2. The molecule has 1 unspecified atom stereocenters. The molecule has 2 N–H and O–H groups in total. The molecular weight excluding hydrogens is 322 g/mol. The number of hydrogen-bond acceptors (Lipinski definition) is 4. The fourth-order valence-corrected chi connectivity index (χ4v) is 3.40. The molecule has 2 aliphatic rings. The Kier molecular flexibility index (Phi) is 3.70. The molecule has 0 bridgehead atoms. The molecule has 0 aromatic heterocycles. The summed E-state index contributed by atoms with van der Waals surface area (Å²) in [5.74, 6) is -0.348. The van der Waals surface area contributed by atoms with Crippen LogP contribution in [0.5, 0.6) is 0 Å². The van der Waals surface area contributed by atoms with E-state index in [0.717, 1.165) is 48.4 Å². The lowest BCUT2D eigenvalue weighted by atomic mass is 10.1. The van der Waals surface area contributed by atoms with Crippen molar-refractivity contribution in [3.63, 3.8) is 0 Å². The molecule has 1 aromatic rings. The summed E-state index contributed by atoms with van der Waals surface area (Å²) >= 11 is 3.57. The Morgan fingerprint density at radius 1 is 1.30 bits per heavy atom. The number of nitrogens with zero attached hydrogens (tertiary/aromatic N) is 2. The van der Waals surface area contributed by atoms with Crippen molar-refractivity contribution >= 4 is 33.2 Å². The van der Waals surface area contributed by atoms with E-state index in [9.17, 15) is 9.90 Å². The zero-order valence-corrected chi connectivity index (χ0v) is 13.0. The molecular formula is C14H18BrN3O2. The van der Waals surface area contributed by atoms with E-state index < -0.39 is 6.10 Å². The normalized spacial score (nSPS) is 23.4. The van der Waals surface area contributed by atoms with Gasteiger partial charge in [0, 0.05) is 35.4 Å². The third kappa shape index (κ3) is 2.43. The molecule has 0 radical (unpaired) electrons. The number of anilines is 2. The van der Waals surface area contributed by atoms with Crippen LogP contribution in [0.25, 0.3) is 0 Å². The molecule has 20 heavy (non-hydrogen) atoms. The number of carbonyl (C=O) groups excluding carboxylic acids is 1. The average Bonchev–Trinajstić information content (AvgIpc) is 2.60. The highest BCUT2D eigenvalue weighted by molar-refractivity contribution is 9.10. The lowest BCUT2D eigenvalue weighted by Crippen LogP contribution is -2.29. The zero-order valence-electron chi connectivity index (χ0n) is 11.4. The largest absolute Gasteiger partial charge is 0.378 e. The number of amides is 1. The van der Waals surface area contributed by atoms with Crippen LogP contribution in [-0.2, 0) is 4.79 Å². The molecule has 2 heterocycles. The Bertz CT molecular complexity index is 549. The fraction of sp³-hybridized carbons (Fsp3) is 0.500. The van der Waals surface area contributed by atoms with Crippen LogP contribution in [0.1, 0.15) is 18.1 Å². The quantitative estimate of drug-likeness (QED) is 0.815. The molecule has 0 saturated carbocycles. The minimum Gasteiger partial charge on any atom is -0.378 e. The first-order chi connectivity index (χ1) is 9.56. The number of likely N-dealkylation sites (N-methyl/N-ethyl adjacent to an activating group) is 1. The van der Waals surface area contributed by atoms with Gasteiger partial charge in [0.25, 0.3) is 5.91 Å². The molecule has 1 aromatic carbocycles. The molecule has 0 aliphatic carbocycles. The molecule has 1 atom stereocenters.